The first kappa shape index (κ1) is 16.6. The molecule has 0 aromatic rings. The molecule has 0 spiro atoms. The second kappa shape index (κ2) is 6.53. The Kier molecular flexibility index (Phi) is 5.15. The van der Waals surface area contributed by atoms with Gasteiger partial charge in [0.1, 0.15) is 24.4 Å². The lowest BCUT2D eigenvalue weighted by Crippen LogP contribution is -2.62. The molecule has 21 heavy (non-hydrogen) atoms. The summed E-state index contributed by atoms with van der Waals surface area (Å²) in [5.74, 6) is -3.33. The fourth-order valence-electron chi connectivity index (χ4n) is 2.43. The number of aliphatic hydroxyl groups is 4. The zero-order valence-corrected chi connectivity index (χ0v) is 11.3. The van der Waals surface area contributed by atoms with Crippen molar-refractivity contribution in [2.45, 2.75) is 55.8 Å². The lowest BCUT2D eigenvalue weighted by atomic mass is 9.99. The van der Waals surface area contributed by atoms with Crippen molar-refractivity contribution >= 4 is 5.97 Å². The molecule has 2 aliphatic rings. The summed E-state index contributed by atoms with van der Waals surface area (Å²) in [5, 5.41) is 47.6. The van der Waals surface area contributed by atoms with E-state index in [9.17, 15) is 25.2 Å². The Morgan fingerprint density at radius 1 is 1.19 bits per heavy atom. The van der Waals surface area contributed by atoms with Crippen LogP contribution in [0.15, 0.2) is 0 Å². The molecule has 2 rings (SSSR count). The summed E-state index contributed by atoms with van der Waals surface area (Å²) in [5.41, 5.74) is 0. The molecular weight excluding hydrogens is 288 g/mol. The molecule has 0 saturated carbocycles. The number of hydrogen-bond donors (Lipinski definition) is 5. The minimum absolute atomic E-state index is 0.0668. The number of ether oxygens (including phenoxy) is 3. The zero-order chi connectivity index (χ0) is 15.6. The first-order valence-electron chi connectivity index (χ1n) is 6.77. The molecule has 2 fully saturated rings. The Balaban J connectivity index is 2.13. The van der Waals surface area contributed by atoms with Crippen molar-refractivity contribution in [2.75, 3.05) is 13.2 Å². The van der Waals surface area contributed by atoms with Crippen LogP contribution in [-0.4, -0.2) is 81.2 Å². The van der Waals surface area contributed by atoms with E-state index >= 15 is 0 Å². The van der Waals surface area contributed by atoms with Gasteiger partial charge in [-0.15, -0.1) is 0 Å². The van der Waals surface area contributed by atoms with Gasteiger partial charge >= 0.3 is 5.97 Å². The predicted molar refractivity (Wildman–Crippen MR) is 65.0 cm³/mol. The molecule has 1 unspecified atom stereocenters. The molecule has 0 aromatic carbocycles. The van der Waals surface area contributed by atoms with Crippen LogP contribution in [0.3, 0.4) is 0 Å². The van der Waals surface area contributed by atoms with E-state index in [2.05, 4.69) is 0 Å². The summed E-state index contributed by atoms with van der Waals surface area (Å²) in [6.07, 6.45) is -6.20. The fraction of sp³-hybridized carbons (Fsp3) is 0.917. The lowest BCUT2D eigenvalue weighted by Gasteiger charge is -2.43. The summed E-state index contributed by atoms with van der Waals surface area (Å²) in [6, 6.07) is 0. The molecule has 2 heterocycles. The molecule has 0 bridgehead atoms. The van der Waals surface area contributed by atoms with Gasteiger partial charge in [-0.3, -0.25) is 0 Å². The van der Waals surface area contributed by atoms with Gasteiger partial charge in [-0.05, 0) is 12.8 Å². The summed E-state index contributed by atoms with van der Waals surface area (Å²) in [4.78, 5) is 11.4. The van der Waals surface area contributed by atoms with Gasteiger partial charge in [0, 0.05) is 6.42 Å². The third kappa shape index (κ3) is 3.19. The lowest BCUT2D eigenvalue weighted by molar-refractivity contribution is -0.368. The second-order valence-corrected chi connectivity index (χ2v) is 5.18. The van der Waals surface area contributed by atoms with Crippen molar-refractivity contribution in [1.82, 2.24) is 0 Å². The number of hydrogen-bond acceptors (Lipinski definition) is 8. The first-order valence-corrected chi connectivity index (χ1v) is 6.77. The van der Waals surface area contributed by atoms with Crippen LogP contribution in [0.2, 0.25) is 0 Å². The smallest absolute Gasteiger partial charge is 0.364 e. The van der Waals surface area contributed by atoms with E-state index in [0.29, 0.717) is 12.8 Å². The molecule has 0 aromatic heterocycles. The molecule has 0 radical (unpaired) electrons. The van der Waals surface area contributed by atoms with E-state index in [1.165, 1.54) is 0 Å². The normalized spacial score (nSPS) is 44.5. The summed E-state index contributed by atoms with van der Waals surface area (Å²) in [7, 11) is 0. The standard InChI is InChI=1S/C12H20O9/c13-5-6-7(14)8(15)9(16)10(20-6)21-12(11(17)18)3-1-2-4-19-12/h6-10,13-16H,1-5H2,(H,17,18)/t6-,7-,8+,9-,10+,12?/m1/s1. The molecule has 0 aliphatic carbocycles. The maximum atomic E-state index is 11.4. The number of aliphatic hydroxyl groups excluding tert-OH is 4. The van der Waals surface area contributed by atoms with Crippen molar-refractivity contribution < 1.29 is 44.5 Å². The van der Waals surface area contributed by atoms with Gasteiger partial charge in [0.15, 0.2) is 6.29 Å². The quantitative estimate of drug-likeness (QED) is 0.390. The van der Waals surface area contributed by atoms with Gasteiger partial charge in [0.25, 0.3) is 5.79 Å². The molecule has 9 nitrogen and oxygen atoms in total. The van der Waals surface area contributed by atoms with E-state index < -0.39 is 49.1 Å². The van der Waals surface area contributed by atoms with E-state index in [0.717, 1.165) is 0 Å². The third-order valence-electron chi connectivity index (χ3n) is 3.72. The van der Waals surface area contributed by atoms with Crippen LogP contribution in [0.25, 0.3) is 0 Å². The maximum absolute atomic E-state index is 11.4. The predicted octanol–water partition coefficient (Wildman–Crippen LogP) is -2.22. The highest BCUT2D eigenvalue weighted by Gasteiger charge is 2.51. The van der Waals surface area contributed by atoms with Crippen LogP contribution in [0.1, 0.15) is 19.3 Å². The minimum Gasteiger partial charge on any atom is -0.477 e. The molecule has 122 valence electrons. The molecule has 9 heteroatoms. The van der Waals surface area contributed by atoms with Gasteiger partial charge in [-0.1, -0.05) is 0 Å². The molecule has 2 saturated heterocycles. The van der Waals surface area contributed by atoms with Crippen molar-refractivity contribution in [3.8, 4) is 0 Å². The number of rotatable bonds is 4. The minimum atomic E-state index is -1.97. The van der Waals surface area contributed by atoms with Crippen molar-refractivity contribution in [3.63, 3.8) is 0 Å². The Hall–Kier alpha value is -0.810. The van der Waals surface area contributed by atoms with Crippen molar-refractivity contribution in [3.05, 3.63) is 0 Å². The number of aliphatic carboxylic acids is 1. The fourth-order valence-corrected chi connectivity index (χ4v) is 2.43. The van der Waals surface area contributed by atoms with Crippen LogP contribution < -0.4 is 0 Å². The summed E-state index contributed by atoms with van der Waals surface area (Å²) >= 11 is 0. The first-order chi connectivity index (χ1) is 9.91. The van der Waals surface area contributed by atoms with Crippen LogP contribution in [-0.2, 0) is 19.0 Å². The Bertz CT molecular complexity index is 366. The number of carbonyl (C=O) groups is 1. The van der Waals surface area contributed by atoms with Crippen LogP contribution >= 0.6 is 0 Å². The Labute approximate surface area is 120 Å². The maximum Gasteiger partial charge on any atom is 0.364 e. The average Bonchev–Trinajstić information content (AvgIpc) is 2.48. The molecule has 2 aliphatic heterocycles. The van der Waals surface area contributed by atoms with Crippen LogP contribution in [0.4, 0.5) is 0 Å². The topological polar surface area (TPSA) is 146 Å². The van der Waals surface area contributed by atoms with Crippen LogP contribution in [0.5, 0.6) is 0 Å². The van der Waals surface area contributed by atoms with Gasteiger partial charge in [0.2, 0.25) is 0 Å². The second-order valence-electron chi connectivity index (χ2n) is 5.18. The molecule has 0 amide bonds. The zero-order valence-electron chi connectivity index (χ0n) is 11.3. The largest absolute Gasteiger partial charge is 0.477 e. The third-order valence-corrected chi connectivity index (χ3v) is 3.72. The van der Waals surface area contributed by atoms with Crippen molar-refractivity contribution in [1.29, 1.82) is 0 Å². The van der Waals surface area contributed by atoms with Gasteiger partial charge in [0.05, 0.1) is 13.2 Å². The summed E-state index contributed by atoms with van der Waals surface area (Å²) < 4.78 is 15.6. The summed E-state index contributed by atoms with van der Waals surface area (Å²) in [6.45, 7) is -0.435. The highest BCUT2D eigenvalue weighted by molar-refractivity contribution is 5.75. The van der Waals surface area contributed by atoms with Gasteiger partial charge in [-0.25, -0.2) is 4.79 Å². The average molecular weight is 308 g/mol. The van der Waals surface area contributed by atoms with E-state index in [1.807, 2.05) is 0 Å². The van der Waals surface area contributed by atoms with Crippen molar-refractivity contribution in [2.24, 2.45) is 0 Å². The molecule has 5 N–H and O–H groups in total. The number of carboxylic acid groups (broad SMARTS) is 1. The highest BCUT2D eigenvalue weighted by Crippen LogP contribution is 2.32. The van der Waals surface area contributed by atoms with E-state index in [1.54, 1.807) is 0 Å². The Morgan fingerprint density at radius 2 is 1.90 bits per heavy atom. The number of carboxylic acids is 1. The SMILES string of the molecule is O=C(O)C1(O[C@@H]2O[C@H](CO)[C@@H](O)[C@H](O)[C@H]2O)CCCCO1. The van der Waals surface area contributed by atoms with Gasteiger partial charge < -0.3 is 39.7 Å². The highest BCUT2D eigenvalue weighted by atomic mass is 16.8. The van der Waals surface area contributed by atoms with Crippen LogP contribution in [0, 0.1) is 0 Å². The van der Waals surface area contributed by atoms with Gasteiger partial charge in [-0.2, -0.15) is 0 Å². The van der Waals surface area contributed by atoms with E-state index in [4.69, 9.17) is 19.3 Å². The van der Waals surface area contributed by atoms with E-state index in [-0.39, 0.29) is 13.0 Å². The molecular formula is C12H20O9. The molecule has 6 atom stereocenters. The Morgan fingerprint density at radius 3 is 2.43 bits per heavy atom. The monoisotopic (exact) mass is 308 g/mol.